The quantitative estimate of drug-likeness (QED) is 0.104. The second-order valence-corrected chi connectivity index (χ2v) is 18.2. The minimum absolute atomic E-state index is 0.0635. The molecule has 0 aliphatic heterocycles. The van der Waals surface area contributed by atoms with Crippen molar-refractivity contribution in [3.05, 3.63) is 81.9 Å². The van der Waals surface area contributed by atoms with Crippen LogP contribution in [0.15, 0.2) is 48.5 Å². The largest absolute Gasteiger partial charge is 0.496 e. The number of hydrogen-bond donors (Lipinski definition) is 0. The zero-order valence-electron chi connectivity index (χ0n) is 33.9. The van der Waals surface area contributed by atoms with Gasteiger partial charge in [-0.1, -0.05) is 39.8 Å². The molecule has 4 heterocycles. The lowest BCUT2D eigenvalue weighted by molar-refractivity contribution is 0.242. The van der Waals surface area contributed by atoms with Crippen molar-refractivity contribution in [1.29, 1.82) is 0 Å². The summed E-state index contributed by atoms with van der Waals surface area (Å²) in [7, 11) is 3.49. The highest BCUT2D eigenvalue weighted by molar-refractivity contribution is 7.30. The third kappa shape index (κ3) is 7.52. The SMILES string of the molecule is CCc1c(-c2sc(-c3c(OC)cccc3OC(C)C)cc2C)sc(-c2sc(-c3sc(-c4c(OC)cccc4OC(C)C)cc3C)c(CC)c2CC)c1CC. The van der Waals surface area contributed by atoms with Crippen LogP contribution < -0.4 is 18.9 Å². The molecule has 2 aromatic carbocycles. The van der Waals surface area contributed by atoms with E-state index in [-0.39, 0.29) is 12.2 Å². The number of thiophene rings is 4. The second kappa shape index (κ2) is 17.1. The summed E-state index contributed by atoms with van der Waals surface area (Å²) < 4.78 is 24.4. The van der Waals surface area contributed by atoms with Crippen LogP contribution in [0.3, 0.4) is 0 Å². The smallest absolute Gasteiger partial charge is 0.132 e. The van der Waals surface area contributed by atoms with E-state index >= 15 is 0 Å². The molecule has 0 unspecified atom stereocenters. The Morgan fingerprint density at radius 3 is 1.07 bits per heavy atom. The first-order valence-electron chi connectivity index (χ1n) is 19.2. The van der Waals surface area contributed by atoms with Crippen molar-refractivity contribution in [2.24, 2.45) is 0 Å². The van der Waals surface area contributed by atoms with Crippen molar-refractivity contribution in [3.8, 4) is 73.1 Å². The van der Waals surface area contributed by atoms with Crippen LogP contribution in [0.25, 0.3) is 50.1 Å². The summed E-state index contributed by atoms with van der Waals surface area (Å²) in [5.41, 5.74) is 10.6. The summed E-state index contributed by atoms with van der Waals surface area (Å²) in [5.74, 6) is 3.40. The number of aryl methyl sites for hydroxylation is 2. The monoisotopic (exact) mass is 798 g/mol. The van der Waals surface area contributed by atoms with Gasteiger partial charge in [-0.2, -0.15) is 0 Å². The zero-order chi connectivity index (χ0) is 38.8. The predicted octanol–water partition coefficient (Wildman–Crippen LogP) is 14.7. The van der Waals surface area contributed by atoms with E-state index in [0.717, 1.165) is 59.8 Å². The highest BCUT2D eigenvalue weighted by Crippen LogP contribution is 2.55. The van der Waals surface area contributed by atoms with Gasteiger partial charge in [0.1, 0.15) is 23.0 Å². The Morgan fingerprint density at radius 2 is 0.778 bits per heavy atom. The Hall–Kier alpha value is -3.56. The summed E-state index contributed by atoms with van der Waals surface area (Å²) in [6.07, 6.45) is 4.11. The molecule has 0 bridgehead atoms. The van der Waals surface area contributed by atoms with Gasteiger partial charge in [0.25, 0.3) is 0 Å². The topological polar surface area (TPSA) is 36.9 Å². The van der Waals surface area contributed by atoms with Crippen molar-refractivity contribution < 1.29 is 18.9 Å². The maximum atomic E-state index is 6.31. The van der Waals surface area contributed by atoms with Gasteiger partial charge in [-0.05, 0) is 137 Å². The first-order chi connectivity index (χ1) is 26.0. The minimum atomic E-state index is 0.0635. The van der Waals surface area contributed by atoms with E-state index < -0.39 is 0 Å². The Kier molecular flexibility index (Phi) is 12.7. The van der Waals surface area contributed by atoms with E-state index in [0.29, 0.717) is 0 Å². The van der Waals surface area contributed by atoms with Gasteiger partial charge in [-0.3, -0.25) is 0 Å². The molecule has 0 spiro atoms. The molecular weight excluding hydrogens is 745 g/mol. The zero-order valence-corrected chi connectivity index (χ0v) is 37.1. The van der Waals surface area contributed by atoms with Crippen molar-refractivity contribution in [2.75, 3.05) is 14.2 Å². The third-order valence-electron chi connectivity index (χ3n) is 9.74. The van der Waals surface area contributed by atoms with Crippen molar-refractivity contribution in [3.63, 3.8) is 0 Å². The van der Waals surface area contributed by atoms with Gasteiger partial charge in [-0.25, -0.2) is 0 Å². The van der Waals surface area contributed by atoms with E-state index in [4.69, 9.17) is 18.9 Å². The summed E-state index contributed by atoms with van der Waals surface area (Å²) in [4.78, 5) is 10.7. The highest BCUT2D eigenvalue weighted by Gasteiger charge is 2.28. The fourth-order valence-electron chi connectivity index (χ4n) is 7.44. The fourth-order valence-corrected chi connectivity index (χ4v) is 13.5. The Morgan fingerprint density at radius 1 is 0.463 bits per heavy atom. The number of rotatable bonds is 15. The van der Waals surface area contributed by atoms with E-state index in [1.165, 1.54) is 72.4 Å². The van der Waals surface area contributed by atoms with Gasteiger partial charge in [0.15, 0.2) is 0 Å². The first-order valence-corrected chi connectivity index (χ1v) is 22.4. The Balaban J connectivity index is 1.51. The maximum absolute atomic E-state index is 6.31. The van der Waals surface area contributed by atoms with Crippen LogP contribution in [0, 0.1) is 13.8 Å². The average molecular weight is 799 g/mol. The van der Waals surface area contributed by atoms with Gasteiger partial charge < -0.3 is 18.9 Å². The number of hydrogen-bond acceptors (Lipinski definition) is 8. The Bertz CT molecular complexity index is 2080. The summed E-state index contributed by atoms with van der Waals surface area (Å²) in [6, 6.07) is 16.8. The number of benzene rings is 2. The van der Waals surface area contributed by atoms with Gasteiger partial charge in [0.2, 0.25) is 0 Å². The lowest BCUT2D eigenvalue weighted by Crippen LogP contribution is -2.06. The molecular formula is C46H54O4S4. The standard InChI is InChI=1S/C46H54O4S4/c1-13-29-31(15-3)45(53-43(29)41-27(9)23-37(51-41)39-33(47-11)19-17-21-35(39)49-25(5)6)46-32(16-4)30(14-2)44(54-46)42-28(10)24-38(52-42)40-34(48-12)20-18-22-36(40)50-26(7)8/h17-26H,13-16H2,1-12H3. The Labute approximate surface area is 338 Å². The van der Waals surface area contributed by atoms with Crippen LogP contribution in [0.1, 0.15) is 88.8 Å². The van der Waals surface area contributed by atoms with Crippen molar-refractivity contribution >= 4 is 45.3 Å². The highest BCUT2D eigenvalue weighted by atomic mass is 32.1. The molecule has 4 nitrogen and oxygen atoms in total. The molecule has 0 aliphatic rings. The molecule has 0 amide bonds. The van der Waals surface area contributed by atoms with Crippen LogP contribution in [0.2, 0.25) is 0 Å². The molecule has 0 aliphatic carbocycles. The van der Waals surface area contributed by atoms with Gasteiger partial charge in [0.05, 0.1) is 37.6 Å². The molecule has 54 heavy (non-hydrogen) atoms. The lowest BCUT2D eigenvalue weighted by atomic mass is 9.97. The molecule has 4 aromatic heterocycles. The van der Waals surface area contributed by atoms with Crippen LogP contribution >= 0.6 is 45.3 Å². The van der Waals surface area contributed by atoms with Crippen molar-refractivity contribution in [2.45, 2.75) is 107 Å². The van der Waals surface area contributed by atoms with Crippen molar-refractivity contribution in [1.82, 2.24) is 0 Å². The molecule has 0 atom stereocenters. The van der Waals surface area contributed by atoms with Crippen LogP contribution in [-0.4, -0.2) is 26.4 Å². The third-order valence-corrected chi connectivity index (χ3v) is 15.3. The molecule has 8 heteroatoms. The molecule has 6 rings (SSSR count). The van der Waals surface area contributed by atoms with E-state index in [9.17, 15) is 0 Å². The lowest BCUT2D eigenvalue weighted by Gasteiger charge is -2.16. The predicted molar refractivity (Wildman–Crippen MR) is 237 cm³/mol. The summed E-state index contributed by atoms with van der Waals surface area (Å²) >= 11 is 7.70. The number of ether oxygens (including phenoxy) is 4. The molecule has 0 saturated carbocycles. The fraction of sp³-hybridized carbons (Fsp3) is 0.391. The van der Waals surface area contributed by atoms with E-state index in [1.54, 1.807) is 14.2 Å². The number of methoxy groups -OCH3 is 2. The van der Waals surface area contributed by atoms with E-state index in [1.807, 2.05) is 69.6 Å². The molecule has 0 saturated heterocycles. The molecule has 286 valence electrons. The summed E-state index contributed by atoms with van der Waals surface area (Å²) in [6.45, 7) is 22.1. The maximum Gasteiger partial charge on any atom is 0.132 e. The summed E-state index contributed by atoms with van der Waals surface area (Å²) in [5, 5.41) is 0. The molecule has 0 radical (unpaired) electrons. The molecule has 6 aromatic rings. The minimum Gasteiger partial charge on any atom is -0.496 e. The molecule has 0 N–H and O–H groups in total. The van der Waals surface area contributed by atoms with Gasteiger partial charge in [-0.15, -0.1) is 45.3 Å². The normalized spacial score (nSPS) is 11.6. The molecule has 0 fully saturated rings. The second-order valence-electron chi connectivity index (χ2n) is 14.1. The van der Waals surface area contributed by atoms with Crippen LogP contribution in [0.5, 0.6) is 23.0 Å². The van der Waals surface area contributed by atoms with Gasteiger partial charge >= 0.3 is 0 Å². The van der Waals surface area contributed by atoms with Gasteiger partial charge in [0, 0.05) is 39.0 Å². The van der Waals surface area contributed by atoms with Crippen LogP contribution in [-0.2, 0) is 25.7 Å². The first kappa shape index (κ1) is 40.1. The van der Waals surface area contributed by atoms with Crippen LogP contribution in [0.4, 0.5) is 0 Å². The average Bonchev–Trinajstić information content (AvgIpc) is 3.92. The van der Waals surface area contributed by atoms with E-state index in [2.05, 4.69) is 93.5 Å².